The lowest BCUT2D eigenvalue weighted by Crippen LogP contribution is -2.14. The molecule has 9 heteroatoms. The number of hydrogen-bond acceptors (Lipinski definition) is 7. The Kier molecular flexibility index (Phi) is 7.29. The van der Waals surface area contributed by atoms with Crippen LogP contribution < -0.4 is 14.8 Å². The van der Waals surface area contributed by atoms with Crippen molar-refractivity contribution in [1.82, 2.24) is 19.7 Å². The highest BCUT2D eigenvalue weighted by Crippen LogP contribution is 2.31. The van der Waals surface area contributed by atoms with Gasteiger partial charge < -0.3 is 19.4 Å². The molecule has 8 nitrogen and oxygen atoms in total. The second-order valence-electron chi connectivity index (χ2n) is 7.30. The number of rotatable bonds is 10. The minimum Gasteiger partial charge on any atom is -0.490 e. The summed E-state index contributed by atoms with van der Waals surface area (Å²) in [5.74, 6) is 1.26. The molecule has 0 atom stereocenters. The van der Waals surface area contributed by atoms with Gasteiger partial charge in [-0.15, -0.1) is 10.2 Å². The summed E-state index contributed by atoms with van der Waals surface area (Å²) in [5.41, 5.74) is 3.32. The van der Waals surface area contributed by atoms with E-state index in [9.17, 15) is 4.79 Å². The van der Waals surface area contributed by atoms with Crippen molar-refractivity contribution in [3.8, 4) is 11.5 Å². The maximum Gasteiger partial charge on any atom is 0.234 e. The third-order valence-corrected chi connectivity index (χ3v) is 5.80. The average molecular weight is 466 g/mol. The molecule has 2 heterocycles. The van der Waals surface area contributed by atoms with Gasteiger partial charge in [0.1, 0.15) is 5.52 Å². The highest BCUT2D eigenvalue weighted by molar-refractivity contribution is 7.99. The number of benzene rings is 2. The van der Waals surface area contributed by atoms with Crippen LogP contribution in [0.25, 0.3) is 22.1 Å². The van der Waals surface area contributed by atoms with Gasteiger partial charge in [0.05, 0.1) is 24.5 Å². The van der Waals surface area contributed by atoms with E-state index in [-0.39, 0.29) is 11.7 Å². The van der Waals surface area contributed by atoms with E-state index in [1.54, 1.807) is 18.2 Å². The van der Waals surface area contributed by atoms with Crippen LogP contribution in [0.4, 0.5) is 5.69 Å². The van der Waals surface area contributed by atoms with E-state index in [1.807, 2.05) is 32.0 Å². The van der Waals surface area contributed by atoms with Crippen LogP contribution in [0.5, 0.6) is 11.5 Å². The van der Waals surface area contributed by atoms with Crippen molar-refractivity contribution in [3.63, 3.8) is 0 Å². The molecule has 4 aromatic rings. The second kappa shape index (κ2) is 10.5. The summed E-state index contributed by atoms with van der Waals surface area (Å²) in [6.07, 6.45) is 0.981. The molecular weight excluding hydrogens is 438 g/mol. The highest BCUT2D eigenvalue weighted by atomic mass is 32.2. The average Bonchev–Trinajstić information content (AvgIpc) is 3.13. The summed E-state index contributed by atoms with van der Waals surface area (Å²) in [4.78, 5) is 17.3. The van der Waals surface area contributed by atoms with E-state index >= 15 is 0 Å². The second-order valence-corrected chi connectivity index (χ2v) is 8.24. The number of anilines is 1. The third-order valence-electron chi connectivity index (χ3n) is 4.96. The van der Waals surface area contributed by atoms with Crippen molar-refractivity contribution in [1.29, 1.82) is 0 Å². The maximum absolute atomic E-state index is 12.6. The molecule has 0 bridgehead atoms. The summed E-state index contributed by atoms with van der Waals surface area (Å²) in [6.45, 7) is 7.84. The standard InChI is InChI=1S/C24H27N5O3S/c1-4-13-29-18-10-8-7-9-17(18)22-23(29)26-24(28-27-22)33-15-21(30)25-16-11-12-19(31-5-2)20(14-16)32-6-3/h7-12,14H,4-6,13,15H2,1-3H3,(H,25,30). The number of para-hydroxylation sites is 1. The normalized spacial score (nSPS) is 11.1. The van der Waals surface area contributed by atoms with E-state index in [2.05, 4.69) is 33.1 Å². The number of thioether (sulfide) groups is 1. The van der Waals surface area contributed by atoms with Gasteiger partial charge in [0.15, 0.2) is 17.1 Å². The fraction of sp³-hybridized carbons (Fsp3) is 0.333. The van der Waals surface area contributed by atoms with Crippen LogP contribution in [0.3, 0.4) is 0 Å². The van der Waals surface area contributed by atoms with E-state index < -0.39 is 0 Å². The number of ether oxygens (including phenoxy) is 2. The lowest BCUT2D eigenvalue weighted by molar-refractivity contribution is -0.113. The van der Waals surface area contributed by atoms with Crippen molar-refractivity contribution in [2.24, 2.45) is 0 Å². The minimum absolute atomic E-state index is 0.163. The molecule has 0 saturated heterocycles. The van der Waals surface area contributed by atoms with Gasteiger partial charge in [-0.3, -0.25) is 4.79 Å². The summed E-state index contributed by atoms with van der Waals surface area (Å²) in [6, 6.07) is 13.5. The molecule has 33 heavy (non-hydrogen) atoms. The largest absolute Gasteiger partial charge is 0.490 e. The fourth-order valence-corrected chi connectivity index (χ4v) is 4.24. The molecule has 2 aromatic heterocycles. The molecule has 0 unspecified atom stereocenters. The summed E-state index contributed by atoms with van der Waals surface area (Å²) < 4.78 is 13.4. The Balaban J connectivity index is 1.48. The molecule has 0 aliphatic rings. The van der Waals surface area contributed by atoms with Gasteiger partial charge in [-0.1, -0.05) is 36.9 Å². The lowest BCUT2D eigenvalue weighted by Gasteiger charge is -2.13. The van der Waals surface area contributed by atoms with Gasteiger partial charge in [0.2, 0.25) is 11.1 Å². The van der Waals surface area contributed by atoms with E-state index in [1.165, 1.54) is 11.8 Å². The Morgan fingerprint density at radius 2 is 1.82 bits per heavy atom. The molecule has 4 rings (SSSR count). The van der Waals surface area contributed by atoms with E-state index in [0.717, 1.165) is 35.0 Å². The van der Waals surface area contributed by atoms with E-state index in [4.69, 9.17) is 14.5 Å². The third kappa shape index (κ3) is 5.03. The van der Waals surface area contributed by atoms with Crippen molar-refractivity contribution >= 4 is 45.4 Å². The first-order chi connectivity index (χ1) is 16.1. The molecule has 0 saturated carbocycles. The van der Waals surface area contributed by atoms with Crippen LogP contribution in [0.15, 0.2) is 47.6 Å². The number of nitrogens with one attached hydrogen (secondary N) is 1. The van der Waals surface area contributed by atoms with Gasteiger partial charge in [-0.2, -0.15) is 0 Å². The topological polar surface area (TPSA) is 91.2 Å². The Morgan fingerprint density at radius 1 is 1.03 bits per heavy atom. The van der Waals surface area contributed by atoms with Crippen LogP contribution in [-0.4, -0.2) is 44.6 Å². The molecule has 0 fully saturated rings. The zero-order chi connectivity index (χ0) is 23.2. The van der Waals surface area contributed by atoms with Gasteiger partial charge in [-0.05, 0) is 38.5 Å². The van der Waals surface area contributed by atoms with Crippen LogP contribution in [0, 0.1) is 0 Å². The van der Waals surface area contributed by atoms with Crippen LogP contribution in [-0.2, 0) is 11.3 Å². The predicted octanol–water partition coefficient (Wildman–Crippen LogP) is 4.92. The molecule has 0 aliphatic carbocycles. The van der Waals surface area contributed by atoms with Crippen LogP contribution >= 0.6 is 11.8 Å². The quantitative estimate of drug-likeness (QED) is 0.333. The number of fused-ring (bicyclic) bond motifs is 3. The summed E-state index contributed by atoms with van der Waals surface area (Å²) in [5, 5.41) is 13.1. The van der Waals surface area contributed by atoms with Gasteiger partial charge in [0.25, 0.3) is 0 Å². The zero-order valence-electron chi connectivity index (χ0n) is 19.0. The summed E-state index contributed by atoms with van der Waals surface area (Å²) >= 11 is 1.26. The number of nitrogens with zero attached hydrogens (tertiary/aromatic N) is 4. The minimum atomic E-state index is -0.163. The molecule has 0 radical (unpaired) electrons. The number of aryl methyl sites for hydroxylation is 1. The van der Waals surface area contributed by atoms with Crippen molar-refractivity contribution in [2.75, 3.05) is 24.3 Å². The predicted molar refractivity (Wildman–Crippen MR) is 131 cm³/mol. The fourth-order valence-electron chi connectivity index (χ4n) is 3.66. The maximum atomic E-state index is 12.6. The summed E-state index contributed by atoms with van der Waals surface area (Å²) in [7, 11) is 0. The number of aromatic nitrogens is 4. The number of amides is 1. The molecule has 0 spiro atoms. The van der Waals surface area contributed by atoms with E-state index in [0.29, 0.717) is 35.6 Å². The monoisotopic (exact) mass is 465 g/mol. The van der Waals surface area contributed by atoms with Crippen LogP contribution in [0.2, 0.25) is 0 Å². The molecule has 2 aromatic carbocycles. The van der Waals surface area contributed by atoms with Gasteiger partial charge in [0, 0.05) is 23.7 Å². The lowest BCUT2D eigenvalue weighted by atomic mass is 10.2. The number of carbonyl (C=O) groups is 1. The first-order valence-electron chi connectivity index (χ1n) is 11.1. The Labute approximate surface area is 196 Å². The van der Waals surface area contributed by atoms with Gasteiger partial charge >= 0.3 is 0 Å². The zero-order valence-corrected chi connectivity index (χ0v) is 19.8. The smallest absolute Gasteiger partial charge is 0.234 e. The molecular formula is C24H27N5O3S. The Morgan fingerprint density at radius 3 is 2.61 bits per heavy atom. The SMILES string of the molecule is CCCn1c2ccccc2c2nnc(SCC(=O)Nc3ccc(OCC)c(OCC)c3)nc21. The molecule has 1 amide bonds. The van der Waals surface area contributed by atoms with Crippen molar-refractivity contribution in [3.05, 3.63) is 42.5 Å². The first-order valence-corrected chi connectivity index (χ1v) is 12.1. The van der Waals surface area contributed by atoms with Crippen molar-refractivity contribution in [2.45, 2.75) is 38.9 Å². The number of hydrogen-bond donors (Lipinski definition) is 1. The van der Waals surface area contributed by atoms with Crippen LogP contribution in [0.1, 0.15) is 27.2 Å². The molecule has 172 valence electrons. The Hall–Kier alpha value is -3.33. The van der Waals surface area contributed by atoms with Gasteiger partial charge in [-0.25, -0.2) is 4.98 Å². The highest BCUT2D eigenvalue weighted by Gasteiger charge is 2.15. The number of carbonyl (C=O) groups excluding carboxylic acids is 1. The molecule has 1 N–H and O–H groups in total. The Bertz CT molecular complexity index is 1270. The molecule has 0 aliphatic heterocycles. The van der Waals surface area contributed by atoms with Crippen molar-refractivity contribution < 1.29 is 14.3 Å². The first kappa shape index (κ1) is 22.8.